The monoisotopic (exact) mass is 208 g/mol. The minimum atomic E-state index is -0.566. The topological polar surface area (TPSA) is 87.6 Å². The van der Waals surface area contributed by atoms with Crippen LogP contribution in [0.3, 0.4) is 0 Å². The van der Waals surface area contributed by atoms with E-state index in [2.05, 4.69) is 0 Å². The highest BCUT2D eigenvalue weighted by Crippen LogP contribution is 2.35. The summed E-state index contributed by atoms with van der Waals surface area (Å²) in [4.78, 5) is 11.2. The fraction of sp³-hybridized carbons (Fsp3) is 0.300. The van der Waals surface area contributed by atoms with E-state index in [1.54, 1.807) is 6.07 Å². The maximum Gasteiger partial charge on any atom is 0.252 e. The summed E-state index contributed by atoms with van der Waals surface area (Å²) in [7, 11) is 0. The number of nitrogen functional groups attached to an aromatic ring is 1. The van der Waals surface area contributed by atoms with Gasteiger partial charge in [0.25, 0.3) is 5.91 Å². The Morgan fingerprint density at radius 2 is 2.00 bits per heavy atom. The van der Waals surface area contributed by atoms with Gasteiger partial charge in [-0.25, -0.2) is 0 Å². The molecule has 1 aliphatic rings. The van der Waals surface area contributed by atoms with E-state index in [-0.39, 0.29) is 5.56 Å². The molecule has 0 saturated carbocycles. The first-order chi connectivity index (χ1) is 7.18. The molecule has 80 valence electrons. The number of ether oxygens (including phenoxy) is 2. The molecule has 0 aliphatic carbocycles. The molecule has 1 amide bonds. The standard InChI is InChI=1S/C10H12N2O3/c11-6-4-7(10(12)13)9-8(5-6)14-2-1-3-15-9/h4-5H,1-3,11H2,(H2,12,13). The van der Waals surface area contributed by atoms with Gasteiger partial charge >= 0.3 is 0 Å². The lowest BCUT2D eigenvalue weighted by Gasteiger charge is -2.11. The molecule has 2 rings (SSSR count). The van der Waals surface area contributed by atoms with Crippen LogP contribution in [0.4, 0.5) is 5.69 Å². The average molecular weight is 208 g/mol. The van der Waals surface area contributed by atoms with Gasteiger partial charge in [-0.05, 0) is 6.07 Å². The van der Waals surface area contributed by atoms with E-state index in [4.69, 9.17) is 20.9 Å². The molecule has 0 spiro atoms. The minimum absolute atomic E-state index is 0.270. The fourth-order valence-corrected chi connectivity index (χ4v) is 1.48. The first kappa shape index (κ1) is 9.64. The smallest absolute Gasteiger partial charge is 0.252 e. The molecular formula is C10H12N2O3. The Morgan fingerprint density at radius 3 is 2.73 bits per heavy atom. The molecule has 1 aliphatic heterocycles. The van der Waals surface area contributed by atoms with Gasteiger partial charge in [0, 0.05) is 18.2 Å². The molecule has 0 bridgehead atoms. The summed E-state index contributed by atoms with van der Waals surface area (Å²) in [5.74, 6) is 0.319. The van der Waals surface area contributed by atoms with Gasteiger partial charge in [0.1, 0.15) is 0 Å². The summed E-state index contributed by atoms with van der Waals surface area (Å²) in [5, 5.41) is 0. The van der Waals surface area contributed by atoms with Crippen LogP contribution < -0.4 is 20.9 Å². The number of nitrogens with two attached hydrogens (primary N) is 2. The normalized spacial score (nSPS) is 14.4. The largest absolute Gasteiger partial charge is 0.489 e. The van der Waals surface area contributed by atoms with Gasteiger partial charge in [-0.2, -0.15) is 0 Å². The third-order valence-electron chi connectivity index (χ3n) is 2.14. The number of primary amides is 1. The molecule has 0 atom stereocenters. The Labute approximate surface area is 87.0 Å². The number of carbonyl (C=O) groups excluding carboxylic acids is 1. The Hall–Kier alpha value is -1.91. The number of amides is 1. The molecule has 1 aromatic rings. The van der Waals surface area contributed by atoms with Crippen LogP contribution in [0.15, 0.2) is 12.1 Å². The van der Waals surface area contributed by atoms with E-state index >= 15 is 0 Å². The number of fused-ring (bicyclic) bond motifs is 1. The van der Waals surface area contributed by atoms with Gasteiger partial charge in [-0.1, -0.05) is 0 Å². The summed E-state index contributed by atoms with van der Waals surface area (Å²) < 4.78 is 10.8. The number of hydrogen-bond donors (Lipinski definition) is 2. The quantitative estimate of drug-likeness (QED) is 0.659. The van der Waals surface area contributed by atoms with Crippen molar-refractivity contribution in [2.75, 3.05) is 18.9 Å². The van der Waals surface area contributed by atoms with Crippen molar-refractivity contribution >= 4 is 11.6 Å². The molecule has 15 heavy (non-hydrogen) atoms. The van der Waals surface area contributed by atoms with Crippen molar-refractivity contribution < 1.29 is 14.3 Å². The second kappa shape index (κ2) is 3.68. The Balaban J connectivity index is 2.54. The van der Waals surface area contributed by atoms with Crippen molar-refractivity contribution in [2.24, 2.45) is 5.73 Å². The molecule has 5 heteroatoms. The number of carbonyl (C=O) groups is 1. The highest BCUT2D eigenvalue weighted by molar-refractivity contribution is 5.97. The van der Waals surface area contributed by atoms with Crippen LogP contribution >= 0.6 is 0 Å². The van der Waals surface area contributed by atoms with Gasteiger partial charge < -0.3 is 20.9 Å². The SMILES string of the molecule is NC(=O)c1cc(N)cc2c1OCCCO2. The maximum absolute atomic E-state index is 11.2. The van der Waals surface area contributed by atoms with E-state index in [1.807, 2.05) is 0 Å². The highest BCUT2D eigenvalue weighted by atomic mass is 16.5. The molecule has 0 aromatic heterocycles. The van der Waals surface area contributed by atoms with Crippen molar-refractivity contribution in [3.8, 4) is 11.5 Å². The van der Waals surface area contributed by atoms with E-state index in [0.717, 1.165) is 6.42 Å². The van der Waals surface area contributed by atoms with Crippen molar-refractivity contribution in [1.82, 2.24) is 0 Å². The summed E-state index contributed by atoms with van der Waals surface area (Å²) in [5.41, 5.74) is 11.6. The van der Waals surface area contributed by atoms with Crippen molar-refractivity contribution in [1.29, 1.82) is 0 Å². The van der Waals surface area contributed by atoms with E-state index < -0.39 is 5.91 Å². The van der Waals surface area contributed by atoms with E-state index in [9.17, 15) is 4.79 Å². The number of anilines is 1. The van der Waals surface area contributed by atoms with Crippen molar-refractivity contribution in [2.45, 2.75) is 6.42 Å². The van der Waals surface area contributed by atoms with Gasteiger partial charge in [-0.3, -0.25) is 4.79 Å². The van der Waals surface area contributed by atoms with Crippen LogP contribution in [0.5, 0.6) is 11.5 Å². The Bertz CT molecular complexity index is 404. The first-order valence-corrected chi connectivity index (χ1v) is 4.67. The van der Waals surface area contributed by atoms with Gasteiger partial charge in [0.2, 0.25) is 0 Å². The lowest BCUT2D eigenvalue weighted by atomic mass is 10.1. The van der Waals surface area contributed by atoms with E-state index in [0.29, 0.717) is 30.4 Å². The molecule has 0 fully saturated rings. The summed E-state index contributed by atoms with van der Waals surface area (Å²) in [6, 6.07) is 3.13. The molecule has 1 aromatic carbocycles. The maximum atomic E-state index is 11.2. The van der Waals surface area contributed by atoms with Crippen LogP contribution in [-0.2, 0) is 0 Å². The first-order valence-electron chi connectivity index (χ1n) is 4.67. The van der Waals surface area contributed by atoms with Crippen LogP contribution in [0.25, 0.3) is 0 Å². The number of benzene rings is 1. The van der Waals surface area contributed by atoms with Crippen LogP contribution in [0, 0.1) is 0 Å². The second-order valence-electron chi connectivity index (χ2n) is 3.31. The number of rotatable bonds is 1. The third kappa shape index (κ3) is 1.81. The Kier molecular flexibility index (Phi) is 2.37. The molecule has 0 saturated heterocycles. The minimum Gasteiger partial charge on any atom is -0.489 e. The zero-order valence-corrected chi connectivity index (χ0v) is 8.16. The van der Waals surface area contributed by atoms with Gasteiger partial charge in [-0.15, -0.1) is 0 Å². The fourth-order valence-electron chi connectivity index (χ4n) is 1.48. The van der Waals surface area contributed by atoms with Crippen LogP contribution in [0.1, 0.15) is 16.8 Å². The average Bonchev–Trinajstić information content (AvgIpc) is 2.41. The van der Waals surface area contributed by atoms with E-state index in [1.165, 1.54) is 6.07 Å². The zero-order chi connectivity index (χ0) is 10.8. The number of hydrogen-bond acceptors (Lipinski definition) is 4. The lowest BCUT2D eigenvalue weighted by molar-refractivity contribution is 0.0996. The van der Waals surface area contributed by atoms with Crippen molar-refractivity contribution in [3.05, 3.63) is 17.7 Å². The third-order valence-corrected chi connectivity index (χ3v) is 2.14. The summed E-state index contributed by atoms with van der Waals surface area (Å²) in [6.07, 6.45) is 0.771. The van der Waals surface area contributed by atoms with Gasteiger partial charge in [0.15, 0.2) is 11.5 Å². The predicted molar refractivity (Wildman–Crippen MR) is 55.0 cm³/mol. The molecular weight excluding hydrogens is 196 g/mol. The van der Waals surface area contributed by atoms with Crippen LogP contribution in [-0.4, -0.2) is 19.1 Å². The second-order valence-corrected chi connectivity index (χ2v) is 3.31. The summed E-state index contributed by atoms with van der Waals surface area (Å²) >= 11 is 0. The molecule has 0 unspecified atom stereocenters. The highest BCUT2D eigenvalue weighted by Gasteiger charge is 2.18. The van der Waals surface area contributed by atoms with Crippen LogP contribution in [0.2, 0.25) is 0 Å². The Morgan fingerprint density at radius 1 is 1.27 bits per heavy atom. The molecule has 1 heterocycles. The molecule has 0 radical (unpaired) electrons. The van der Waals surface area contributed by atoms with Crippen molar-refractivity contribution in [3.63, 3.8) is 0 Å². The zero-order valence-electron chi connectivity index (χ0n) is 8.16. The predicted octanol–water partition coefficient (Wildman–Crippen LogP) is 0.529. The summed E-state index contributed by atoms with van der Waals surface area (Å²) in [6.45, 7) is 1.06. The van der Waals surface area contributed by atoms with Gasteiger partial charge in [0.05, 0.1) is 18.8 Å². The molecule has 4 N–H and O–H groups in total. The molecule has 5 nitrogen and oxygen atoms in total. The lowest BCUT2D eigenvalue weighted by Crippen LogP contribution is -2.13.